The van der Waals surface area contributed by atoms with Gasteiger partial charge in [0, 0.05) is 23.6 Å². The minimum absolute atomic E-state index is 0.645. The highest BCUT2D eigenvalue weighted by molar-refractivity contribution is 7.98. The van der Waals surface area contributed by atoms with Gasteiger partial charge in [0.2, 0.25) is 5.89 Å². The van der Waals surface area contributed by atoms with Crippen molar-refractivity contribution in [3.8, 4) is 11.3 Å². The number of rotatable bonds is 4. The van der Waals surface area contributed by atoms with E-state index in [9.17, 15) is 0 Å². The van der Waals surface area contributed by atoms with E-state index in [1.165, 1.54) is 19.3 Å². The van der Waals surface area contributed by atoms with Crippen molar-refractivity contribution in [1.82, 2.24) is 19.7 Å². The van der Waals surface area contributed by atoms with E-state index in [1.807, 2.05) is 24.3 Å². The molecule has 5 nitrogen and oxygen atoms in total. The van der Waals surface area contributed by atoms with E-state index in [-0.39, 0.29) is 0 Å². The zero-order valence-electron chi connectivity index (χ0n) is 13.1. The van der Waals surface area contributed by atoms with Crippen LogP contribution >= 0.6 is 23.4 Å². The lowest BCUT2D eigenvalue weighted by molar-refractivity contribution is 0.529. The number of halogens is 1. The predicted octanol–water partition coefficient (Wildman–Crippen LogP) is 4.61. The SMILES string of the molecule is Clc1ccc(-c2cnc(CSc3nnc4n3CCCCC4)o2)cc1. The van der Waals surface area contributed by atoms with Crippen LogP contribution in [0.4, 0.5) is 0 Å². The van der Waals surface area contributed by atoms with Gasteiger partial charge in [-0.25, -0.2) is 4.98 Å². The standard InChI is InChI=1S/C17H17ClN4OS/c18-13-7-5-12(6-8-13)14-10-19-16(23-14)11-24-17-21-20-15-4-2-1-3-9-22(15)17/h5-8,10H,1-4,9,11H2. The fourth-order valence-corrected chi connectivity index (χ4v) is 3.78. The monoisotopic (exact) mass is 360 g/mol. The van der Waals surface area contributed by atoms with Gasteiger partial charge >= 0.3 is 0 Å². The third kappa shape index (κ3) is 3.35. The van der Waals surface area contributed by atoms with E-state index >= 15 is 0 Å². The Morgan fingerprint density at radius 1 is 1.12 bits per heavy atom. The third-order valence-electron chi connectivity index (χ3n) is 4.08. The van der Waals surface area contributed by atoms with Gasteiger partial charge < -0.3 is 8.98 Å². The van der Waals surface area contributed by atoms with Gasteiger partial charge in [-0.2, -0.15) is 0 Å². The van der Waals surface area contributed by atoms with Crippen LogP contribution in [0.2, 0.25) is 5.02 Å². The van der Waals surface area contributed by atoms with E-state index in [1.54, 1.807) is 18.0 Å². The molecule has 0 N–H and O–H groups in total. The summed E-state index contributed by atoms with van der Waals surface area (Å²) < 4.78 is 8.08. The number of nitrogens with zero attached hydrogens (tertiary/aromatic N) is 4. The Labute approximate surface area is 149 Å². The molecule has 0 spiro atoms. The Hall–Kier alpha value is -1.79. The Bertz CT molecular complexity index is 827. The van der Waals surface area contributed by atoms with Crippen LogP contribution in [-0.2, 0) is 18.7 Å². The molecule has 4 rings (SSSR count). The van der Waals surface area contributed by atoms with Gasteiger partial charge in [-0.05, 0) is 37.1 Å². The lowest BCUT2D eigenvalue weighted by atomic mass is 10.2. The Morgan fingerprint density at radius 3 is 2.88 bits per heavy atom. The van der Waals surface area contributed by atoms with Crippen LogP contribution in [0.25, 0.3) is 11.3 Å². The van der Waals surface area contributed by atoms with Crippen molar-refractivity contribution < 1.29 is 4.42 Å². The fourth-order valence-electron chi connectivity index (χ4n) is 2.82. The summed E-state index contributed by atoms with van der Waals surface area (Å²) in [6, 6.07) is 7.55. The second-order valence-corrected chi connectivity index (χ2v) is 7.15. The van der Waals surface area contributed by atoms with Crippen molar-refractivity contribution in [2.45, 2.75) is 43.1 Å². The molecule has 1 aromatic carbocycles. The molecule has 1 aliphatic heterocycles. The molecule has 0 bridgehead atoms. The van der Waals surface area contributed by atoms with E-state index in [2.05, 4.69) is 19.7 Å². The summed E-state index contributed by atoms with van der Waals surface area (Å²) >= 11 is 7.54. The molecule has 1 aliphatic rings. The summed E-state index contributed by atoms with van der Waals surface area (Å²) in [7, 11) is 0. The van der Waals surface area contributed by atoms with Gasteiger partial charge in [0.1, 0.15) is 5.82 Å². The lowest BCUT2D eigenvalue weighted by Crippen LogP contribution is -2.02. The second-order valence-electron chi connectivity index (χ2n) is 5.77. The molecule has 2 aromatic heterocycles. The summed E-state index contributed by atoms with van der Waals surface area (Å²) in [5, 5.41) is 10.3. The Kier molecular flexibility index (Phi) is 4.58. The van der Waals surface area contributed by atoms with Crippen molar-refractivity contribution >= 4 is 23.4 Å². The number of oxazole rings is 1. The highest BCUT2D eigenvalue weighted by atomic mass is 35.5. The van der Waals surface area contributed by atoms with E-state index in [0.29, 0.717) is 16.7 Å². The first-order valence-electron chi connectivity index (χ1n) is 8.05. The number of aryl methyl sites for hydroxylation is 1. The van der Waals surface area contributed by atoms with Gasteiger partial charge in [0.25, 0.3) is 0 Å². The average Bonchev–Trinajstić information content (AvgIpc) is 3.15. The molecule has 124 valence electrons. The highest BCUT2D eigenvalue weighted by Crippen LogP contribution is 2.27. The van der Waals surface area contributed by atoms with Crippen molar-refractivity contribution in [3.05, 3.63) is 47.2 Å². The van der Waals surface area contributed by atoms with Crippen LogP contribution in [0.1, 0.15) is 31.0 Å². The zero-order chi connectivity index (χ0) is 16.4. The number of aromatic nitrogens is 4. The quantitative estimate of drug-likeness (QED) is 0.636. The predicted molar refractivity (Wildman–Crippen MR) is 94.1 cm³/mol. The molecular weight excluding hydrogens is 344 g/mol. The number of benzene rings is 1. The molecule has 0 unspecified atom stereocenters. The third-order valence-corrected chi connectivity index (χ3v) is 5.29. The fraction of sp³-hybridized carbons (Fsp3) is 0.353. The van der Waals surface area contributed by atoms with Crippen LogP contribution in [0.15, 0.2) is 40.0 Å². The van der Waals surface area contributed by atoms with E-state index < -0.39 is 0 Å². The Morgan fingerprint density at radius 2 is 2.00 bits per heavy atom. The normalized spacial score (nSPS) is 14.4. The van der Waals surface area contributed by atoms with Crippen molar-refractivity contribution in [2.24, 2.45) is 0 Å². The maximum Gasteiger partial charge on any atom is 0.205 e. The van der Waals surface area contributed by atoms with E-state index in [0.717, 1.165) is 35.3 Å². The van der Waals surface area contributed by atoms with E-state index in [4.69, 9.17) is 16.0 Å². The molecule has 0 atom stereocenters. The molecule has 3 heterocycles. The van der Waals surface area contributed by atoms with Gasteiger partial charge in [-0.3, -0.25) is 0 Å². The summed E-state index contributed by atoms with van der Waals surface area (Å²) in [6.45, 7) is 1.01. The lowest BCUT2D eigenvalue weighted by Gasteiger charge is -2.05. The topological polar surface area (TPSA) is 56.7 Å². The van der Waals surface area contributed by atoms with Crippen LogP contribution in [-0.4, -0.2) is 19.7 Å². The van der Waals surface area contributed by atoms with Crippen molar-refractivity contribution in [1.29, 1.82) is 0 Å². The van der Waals surface area contributed by atoms with Crippen LogP contribution in [0.3, 0.4) is 0 Å². The van der Waals surface area contributed by atoms with Crippen molar-refractivity contribution in [2.75, 3.05) is 0 Å². The number of hydrogen-bond acceptors (Lipinski definition) is 5. The summed E-state index contributed by atoms with van der Waals surface area (Å²) in [5.74, 6) is 3.19. The van der Waals surface area contributed by atoms with Gasteiger partial charge in [-0.1, -0.05) is 29.8 Å². The second kappa shape index (κ2) is 6.99. The first-order chi connectivity index (χ1) is 11.8. The molecule has 3 aromatic rings. The van der Waals surface area contributed by atoms with Gasteiger partial charge in [0.05, 0.1) is 11.9 Å². The first-order valence-corrected chi connectivity index (χ1v) is 9.41. The zero-order valence-corrected chi connectivity index (χ0v) is 14.7. The molecule has 0 aliphatic carbocycles. The maximum atomic E-state index is 5.92. The highest BCUT2D eigenvalue weighted by Gasteiger charge is 2.16. The molecule has 0 saturated carbocycles. The molecular formula is C17H17ClN4OS. The molecule has 0 amide bonds. The molecule has 0 radical (unpaired) electrons. The van der Waals surface area contributed by atoms with Gasteiger partial charge in [-0.15, -0.1) is 10.2 Å². The number of hydrogen-bond donors (Lipinski definition) is 0. The number of fused-ring (bicyclic) bond motifs is 1. The minimum atomic E-state index is 0.645. The summed E-state index contributed by atoms with van der Waals surface area (Å²) in [4.78, 5) is 4.37. The summed E-state index contributed by atoms with van der Waals surface area (Å²) in [6.07, 6.45) is 6.43. The molecule has 0 fully saturated rings. The first kappa shape index (κ1) is 15.7. The maximum absolute atomic E-state index is 5.92. The Balaban J connectivity index is 1.45. The molecule has 7 heteroatoms. The van der Waals surface area contributed by atoms with Crippen LogP contribution in [0.5, 0.6) is 0 Å². The number of thioether (sulfide) groups is 1. The average molecular weight is 361 g/mol. The van der Waals surface area contributed by atoms with Crippen LogP contribution in [0, 0.1) is 0 Å². The minimum Gasteiger partial charge on any atom is -0.440 e. The summed E-state index contributed by atoms with van der Waals surface area (Å²) in [5.41, 5.74) is 0.972. The largest absolute Gasteiger partial charge is 0.440 e. The molecule has 0 saturated heterocycles. The van der Waals surface area contributed by atoms with Crippen LogP contribution < -0.4 is 0 Å². The van der Waals surface area contributed by atoms with Gasteiger partial charge in [0.15, 0.2) is 10.9 Å². The smallest absolute Gasteiger partial charge is 0.205 e. The van der Waals surface area contributed by atoms with Crippen molar-refractivity contribution in [3.63, 3.8) is 0 Å². The molecule has 24 heavy (non-hydrogen) atoms.